The van der Waals surface area contributed by atoms with Crippen molar-refractivity contribution in [3.63, 3.8) is 0 Å². The van der Waals surface area contributed by atoms with Gasteiger partial charge in [0, 0.05) is 11.5 Å². The second-order valence-corrected chi connectivity index (χ2v) is 4.42. The highest BCUT2D eigenvalue weighted by atomic mass is 19.3. The Labute approximate surface area is 123 Å². The SMILES string of the molecule is O=CC1=CCC=CC1c1cc(OC(F)F)ccc1OC(F)F. The molecule has 1 unspecified atom stereocenters. The minimum Gasteiger partial charge on any atom is -0.435 e. The molecule has 0 bridgehead atoms. The molecular weight excluding hydrogens is 304 g/mol. The molecule has 1 aromatic carbocycles. The van der Waals surface area contributed by atoms with Crippen LogP contribution in [0.1, 0.15) is 17.9 Å². The molecule has 1 aliphatic rings. The molecule has 1 aliphatic carbocycles. The first kappa shape index (κ1) is 16.1. The van der Waals surface area contributed by atoms with E-state index in [1.54, 1.807) is 18.2 Å². The van der Waals surface area contributed by atoms with Gasteiger partial charge in [-0.3, -0.25) is 4.79 Å². The van der Waals surface area contributed by atoms with Crippen molar-refractivity contribution >= 4 is 6.29 Å². The first-order valence-corrected chi connectivity index (χ1v) is 6.36. The Bertz CT molecular complexity index is 596. The Morgan fingerprint density at radius 2 is 1.86 bits per heavy atom. The molecule has 0 aromatic heterocycles. The van der Waals surface area contributed by atoms with Gasteiger partial charge in [0.25, 0.3) is 0 Å². The normalized spacial score (nSPS) is 17.5. The van der Waals surface area contributed by atoms with Gasteiger partial charge in [0.1, 0.15) is 17.8 Å². The highest BCUT2D eigenvalue weighted by Gasteiger charge is 2.22. The van der Waals surface area contributed by atoms with Crippen LogP contribution in [-0.4, -0.2) is 19.5 Å². The van der Waals surface area contributed by atoms with E-state index in [9.17, 15) is 22.4 Å². The summed E-state index contributed by atoms with van der Waals surface area (Å²) < 4.78 is 58.2. The Kier molecular flexibility index (Phi) is 5.19. The van der Waals surface area contributed by atoms with Crippen molar-refractivity contribution in [3.8, 4) is 11.5 Å². The quantitative estimate of drug-likeness (QED) is 0.451. The van der Waals surface area contributed by atoms with Crippen LogP contribution in [0.25, 0.3) is 0 Å². The first-order valence-electron chi connectivity index (χ1n) is 6.36. The summed E-state index contributed by atoms with van der Waals surface area (Å²) in [5.74, 6) is -1.04. The molecule has 0 N–H and O–H groups in total. The Balaban J connectivity index is 2.43. The molecular formula is C15H12F4O3. The van der Waals surface area contributed by atoms with Gasteiger partial charge in [0.05, 0.1) is 0 Å². The molecule has 2 rings (SSSR count). The molecule has 0 saturated heterocycles. The van der Waals surface area contributed by atoms with E-state index < -0.39 is 19.1 Å². The van der Waals surface area contributed by atoms with Gasteiger partial charge in [-0.05, 0) is 30.2 Å². The molecule has 0 radical (unpaired) electrons. The van der Waals surface area contributed by atoms with Gasteiger partial charge in [0.2, 0.25) is 0 Å². The summed E-state index contributed by atoms with van der Waals surface area (Å²) in [5.41, 5.74) is 0.503. The largest absolute Gasteiger partial charge is 0.435 e. The molecule has 118 valence electrons. The molecule has 22 heavy (non-hydrogen) atoms. The van der Waals surface area contributed by atoms with Crippen molar-refractivity contribution in [2.45, 2.75) is 25.6 Å². The predicted molar refractivity (Wildman–Crippen MR) is 70.4 cm³/mol. The minimum atomic E-state index is -3.07. The van der Waals surface area contributed by atoms with Crippen LogP contribution in [0.3, 0.4) is 0 Å². The van der Waals surface area contributed by atoms with Gasteiger partial charge in [0.15, 0.2) is 0 Å². The maximum absolute atomic E-state index is 12.5. The van der Waals surface area contributed by atoms with Gasteiger partial charge in [-0.25, -0.2) is 0 Å². The average Bonchev–Trinajstić information content (AvgIpc) is 2.47. The van der Waals surface area contributed by atoms with Crippen LogP contribution in [-0.2, 0) is 4.79 Å². The van der Waals surface area contributed by atoms with E-state index in [-0.39, 0.29) is 17.1 Å². The standard InChI is InChI=1S/C15H12F4O3/c16-14(17)21-10-5-6-13(22-15(18)19)12(7-10)11-4-2-1-3-9(11)8-20/h2-8,11,14-15H,1H2. The van der Waals surface area contributed by atoms with E-state index in [1.807, 2.05) is 0 Å². The lowest BCUT2D eigenvalue weighted by molar-refractivity contribution is -0.105. The lowest BCUT2D eigenvalue weighted by atomic mass is 9.87. The Morgan fingerprint density at radius 3 is 2.50 bits per heavy atom. The van der Waals surface area contributed by atoms with E-state index in [0.717, 1.165) is 12.1 Å². The number of rotatable bonds is 6. The second-order valence-electron chi connectivity index (χ2n) is 4.42. The molecule has 0 fully saturated rings. The van der Waals surface area contributed by atoms with E-state index in [0.29, 0.717) is 18.3 Å². The van der Waals surface area contributed by atoms with Crippen molar-refractivity contribution in [2.24, 2.45) is 0 Å². The van der Waals surface area contributed by atoms with E-state index >= 15 is 0 Å². The third-order valence-corrected chi connectivity index (χ3v) is 3.07. The van der Waals surface area contributed by atoms with E-state index in [1.165, 1.54) is 6.07 Å². The van der Waals surface area contributed by atoms with Crippen LogP contribution >= 0.6 is 0 Å². The lowest BCUT2D eigenvalue weighted by Gasteiger charge is -2.20. The number of alkyl halides is 4. The average molecular weight is 316 g/mol. The summed E-state index contributed by atoms with van der Waals surface area (Å²) in [7, 11) is 0. The van der Waals surface area contributed by atoms with Crippen LogP contribution in [0.4, 0.5) is 17.6 Å². The third kappa shape index (κ3) is 3.87. The summed E-state index contributed by atoms with van der Waals surface area (Å²) in [6.07, 6.45) is 6.13. The fourth-order valence-electron chi connectivity index (χ4n) is 2.21. The molecule has 0 saturated carbocycles. The number of aldehydes is 1. The smallest absolute Gasteiger partial charge is 0.387 e. The number of carbonyl (C=O) groups excluding carboxylic acids is 1. The van der Waals surface area contributed by atoms with Gasteiger partial charge < -0.3 is 9.47 Å². The monoisotopic (exact) mass is 316 g/mol. The zero-order chi connectivity index (χ0) is 16.1. The number of benzene rings is 1. The molecule has 7 heteroatoms. The van der Waals surface area contributed by atoms with Crippen LogP contribution in [0.5, 0.6) is 11.5 Å². The van der Waals surface area contributed by atoms with Gasteiger partial charge in [-0.15, -0.1) is 0 Å². The molecule has 0 spiro atoms. The number of allylic oxidation sites excluding steroid dienone is 4. The molecule has 3 nitrogen and oxygen atoms in total. The zero-order valence-electron chi connectivity index (χ0n) is 11.2. The van der Waals surface area contributed by atoms with Crippen molar-refractivity contribution in [1.82, 2.24) is 0 Å². The maximum Gasteiger partial charge on any atom is 0.387 e. The zero-order valence-corrected chi connectivity index (χ0v) is 11.2. The lowest BCUT2D eigenvalue weighted by Crippen LogP contribution is -2.11. The number of hydrogen-bond acceptors (Lipinski definition) is 3. The maximum atomic E-state index is 12.5. The molecule has 0 heterocycles. The van der Waals surface area contributed by atoms with Crippen molar-refractivity contribution in [3.05, 3.63) is 47.6 Å². The number of ether oxygens (including phenoxy) is 2. The topological polar surface area (TPSA) is 35.5 Å². The van der Waals surface area contributed by atoms with Gasteiger partial charge in [-0.2, -0.15) is 17.6 Å². The highest BCUT2D eigenvalue weighted by Crippen LogP contribution is 2.37. The van der Waals surface area contributed by atoms with Crippen LogP contribution in [0.15, 0.2) is 42.0 Å². The predicted octanol–water partition coefficient (Wildman–Crippen LogP) is 4.06. The summed E-state index contributed by atoms with van der Waals surface area (Å²) in [6, 6.07) is 3.38. The van der Waals surface area contributed by atoms with Gasteiger partial charge in [-0.1, -0.05) is 18.2 Å². The van der Waals surface area contributed by atoms with E-state index in [2.05, 4.69) is 9.47 Å². The number of hydrogen-bond donors (Lipinski definition) is 0. The molecule has 1 aromatic rings. The molecule has 0 amide bonds. The van der Waals surface area contributed by atoms with Crippen molar-refractivity contribution < 1.29 is 31.8 Å². The highest BCUT2D eigenvalue weighted by molar-refractivity contribution is 5.78. The second kappa shape index (κ2) is 7.11. The fraction of sp³-hybridized carbons (Fsp3) is 0.267. The van der Waals surface area contributed by atoms with Crippen LogP contribution in [0, 0.1) is 0 Å². The summed E-state index contributed by atoms with van der Waals surface area (Å²) in [6.45, 7) is -6.12. The minimum absolute atomic E-state index is 0.160. The van der Waals surface area contributed by atoms with Crippen molar-refractivity contribution in [1.29, 1.82) is 0 Å². The van der Waals surface area contributed by atoms with Gasteiger partial charge >= 0.3 is 13.2 Å². The summed E-state index contributed by atoms with van der Waals surface area (Å²) >= 11 is 0. The van der Waals surface area contributed by atoms with Crippen molar-refractivity contribution in [2.75, 3.05) is 0 Å². The van der Waals surface area contributed by atoms with E-state index in [4.69, 9.17) is 0 Å². The Morgan fingerprint density at radius 1 is 1.14 bits per heavy atom. The summed E-state index contributed by atoms with van der Waals surface area (Å²) in [5, 5.41) is 0. The molecule has 1 atom stereocenters. The summed E-state index contributed by atoms with van der Waals surface area (Å²) in [4.78, 5) is 11.1. The fourth-order valence-corrected chi connectivity index (χ4v) is 2.21. The molecule has 0 aliphatic heterocycles. The Hall–Kier alpha value is -2.31. The van der Waals surface area contributed by atoms with Crippen LogP contribution in [0.2, 0.25) is 0 Å². The number of carbonyl (C=O) groups is 1. The van der Waals surface area contributed by atoms with Crippen LogP contribution < -0.4 is 9.47 Å². The number of halogens is 4. The third-order valence-electron chi connectivity index (χ3n) is 3.07. The first-order chi connectivity index (χ1) is 10.5.